The fourth-order valence-electron chi connectivity index (χ4n) is 4.39. The molecule has 0 aliphatic rings. The zero-order valence-corrected chi connectivity index (χ0v) is 21.5. The highest BCUT2D eigenvalue weighted by Crippen LogP contribution is 2.34. The van der Waals surface area contributed by atoms with Gasteiger partial charge in [-0.25, -0.2) is 8.89 Å². The molecule has 1 N–H and O–H groups in total. The Morgan fingerprint density at radius 1 is 1.13 bits per heavy atom. The number of alkyl halides is 3. The van der Waals surface area contributed by atoms with Crippen molar-refractivity contribution in [1.82, 2.24) is 24.5 Å². The fourth-order valence-corrected chi connectivity index (χ4v) is 6.37. The Bertz CT molecular complexity index is 1790. The number of aromatic nitrogens is 5. The topological polar surface area (TPSA) is 115 Å². The molecule has 1 atom stereocenters. The molecule has 0 radical (unpaired) electrons. The number of carbonyl (C=O) groups is 1. The van der Waals surface area contributed by atoms with Gasteiger partial charge in [-0.05, 0) is 60.5 Å². The largest absolute Gasteiger partial charge is 0.416 e. The van der Waals surface area contributed by atoms with Gasteiger partial charge in [-0.1, -0.05) is 11.3 Å². The van der Waals surface area contributed by atoms with Crippen LogP contribution in [0.3, 0.4) is 0 Å². The van der Waals surface area contributed by atoms with Gasteiger partial charge >= 0.3 is 6.18 Å². The minimum Gasteiger partial charge on any atom is -0.396 e. The maximum absolute atomic E-state index is 13.6. The van der Waals surface area contributed by atoms with Crippen LogP contribution in [0.25, 0.3) is 27.8 Å². The summed E-state index contributed by atoms with van der Waals surface area (Å²) in [6.45, 7) is -0.193. The number of fused-ring (bicyclic) bond motifs is 3. The van der Waals surface area contributed by atoms with Crippen molar-refractivity contribution < 1.29 is 27.3 Å². The number of aliphatic hydroxyl groups excluding tert-OH is 1. The van der Waals surface area contributed by atoms with E-state index in [1.54, 1.807) is 48.3 Å². The van der Waals surface area contributed by atoms with Gasteiger partial charge in [0.05, 0.1) is 26.6 Å². The second-order valence-corrected chi connectivity index (χ2v) is 11.4. The molecule has 1 amide bonds. The van der Waals surface area contributed by atoms with E-state index in [-0.39, 0.29) is 30.1 Å². The Morgan fingerprint density at radius 2 is 1.90 bits per heavy atom. The summed E-state index contributed by atoms with van der Waals surface area (Å²) in [6.07, 6.45) is -1.11. The van der Waals surface area contributed by atoms with Gasteiger partial charge in [0.2, 0.25) is 0 Å². The number of pyridine rings is 1. The molecular weight excluding hydrogens is 533 g/mol. The Hall–Kier alpha value is -4.10. The molecule has 13 heteroatoms. The zero-order valence-electron chi connectivity index (χ0n) is 20.7. The number of benzene rings is 2. The van der Waals surface area contributed by atoms with Crippen LogP contribution in [0.5, 0.6) is 0 Å². The van der Waals surface area contributed by atoms with Crippen molar-refractivity contribution in [3.05, 3.63) is 83.7 Å². The molecule has 0 bridgehead atoms. The first-order valence-electron chi connectivity index (χ1n) is 11.9. The van der Waals surface area contributed by atoms with Crippen LogP contribution in [0.2, 0.25) is 0 Å². The van der Waals surface area contributed by atoms with Crippen molar-refractivity contribution in [2.24, 2.45) is 11.4 Å². The lowest BCUT2D eigenvalue weighted by molar-refractivity contribution is -0.137. The summed E-state index contributed by atoms with van der Waals surface area (Å²) in [7, 11) is -1.39. The van der Waals surface area contributed by atoms with Crippen molar-refractivity contribution in [3.8, 4) is 5.69 Å². The number of halogens is 3. The van der Waals surface area contributed by atoms with Crippen LogP contribution in [0.15, 0.2) is 71.4 Å². The van der Waals surface area contributed by atoms with Gasteiger partial charge < -0.3 is 5.11 Å². The van der Waals surface area contributed by atoms with E-state index in [9.17, 15) is 27.3 Å². The standard InChI is InChI=1S/C26H23F3N6O3S/c1-34-25-23(31-33-34)21-14-18(5-10-22(21)35(25)20-8-6-19(7-9-20)26(27,28)29)24(37)32-39(38,13-3-12-36)16-17-4-2-11-30-15-17/h2,4-11,14-15,36H,3,12-13,16H2,1H3/t39-/m0/s1. The monoisotopic (exact) mass is 556 g/mol. The Balaban J connectivity index is 1.59. The van der Waals surface area contributed by atoms with E-state index in [0.29, 0.717) is 33.3 Å². The molecule has 2 aromatic carbocycles. The van der Waals surface area contributed by atoms with Gasteiger partial charge in [-0.15, -0.1) is 5.10 Å². The molecule has 0 spiro atoms. The highest BCUT2D eigenvalue weighted by Gasteiger charge is 2.30. The lowest BCUT2D eigenvalue weighted by atomic mass is 10.1. The van der Waals surface area contributed by atoms with Crippen molar-refractivity contribution in [3.63, 3.8) is 0 Å². The number of hydrogen-bond donors (Lipinski definition) is 1. The Kier molecular flexibility index (Phi) is 6.95. The average molecular weight is 557 g/mol. The van der Waals surface area contributed by atoms with Crippen LogP contribution < -0.4 is 0 Å². The molecule has 0 saturated carbocycles. The lowest BCUT2D eigenvalue weighted by Crippen LogP contribution is -2.13. The maximum Gasteiger partial charge on any atom is 0.416 e. The van der Waals surface area contributed by atoms with Gasteiger partial charge in [-0.3, -0.25) is 14.3 Å². The third-order valence-corrected chi connectivity index (χ3v) is 8.40. The number of nitrogens with zero attached hydrogens (tertiary/aromatic N) is 6. The van der Waals surface area contributed by atoms with Gasteiger partial charge in [0.15, 0.2) is 5.65 Å². The summed E-state index contributed by atoms with van der Waals surface area (Å²) >= 11 is 0. The van der Waals surface area contributed by atoms with Gasteiger partial charge in [0, 0.05) is 48.4 Å². The first-order valence-corrected chi connectivity index (χ1v) is 13.7. The number of hydrogen-bond acceptors (Lipinski definition) is 6. The summed E-state index contributed by atoms with van der Waals surface area (Å²) in [6, 6.07) is 12.9. The molecule has 5 aromatic rings. The van der Waals surface area contributed by atoms with E-state index in [1.807, 2.05) is 0 Å². The molecule has 3 heterocycles. The zero-order chi connectivity index (χ0) is 27.8. The molecule has 0 unspecified atom stereocenters. The average Bonchev–Trinajstić information content (AvgIpc) is 3.44. The van der Waals surface area contributed by atoms with Crippen LogP contribution in [-0.4, -0.2) is 52.1 Å². The number of carbonyl (C=O) groups excluding carboxylic acids is 1. The maximum atomic E-state index is 13.6. The molecule has 0 aliphatic heterocycles. The second kappa shape index (κ2) is 10.2. The molecule has 202 valence electrons. The number of aliphatic hydroxyl groups is 1. The minimum absolute atomic E-state index is 0.00747. The number of rotatable bonds is 7. The Morgan fingerprint density at radius 3 is 2.56 bits per heavy atom. The lowest BCUT2D eigenvalue weighted by Gasteiger charge is -2.11. The third-order valence-electron chi connectivity index (χ3n) is 6.19. The fraction of sp³-hybridized carbons (Fsp3) is 0.231. The minimum atomic E-state index is -4.47. The molecule has 39 heavy (non-hydrogen) atoms. The summed E-state index contributed by atoms with van der Waals surface area (Å²) in [5.74, 6) is -0.651. The van der Waals surface area contributed by atoms with Crippen molar-refractivity contribution in [2.45, 2.75) is 18.3 Å². The number of amides is 1. The summed E-state index contributed by atoms with van der Waals surface area (Å²) in [4.78, 5) is 17.2. The summed E-state index contributed by atoms with van der Waals surface area (Å²) < 4.78 is 60.2. The van der Waals surface area contributed by atoms with E-state index >= 15 is 0 Å². The van der Waals surface area contributed by atoms with Crippen LogP contribution in [-0.2, 0) is 28.7 Å². The van der Waals surface area contributed by atoms with E-state index in [1.165, 1.54) is 22.9 Å². The van der Waals surface area contributed by atoms with Crippen molar-refractivity contribution in [2.75, 3.05) is 12.4 Å². The molecule has 0 fully saturated rings. The van der Waals surface area contributed by atoms with Crippen molar-refractivity contribution >= 4 is 37.7 Å². The van der Waals surface area contributed by atoms with E-state index in [4.69, 9.17) is 0 Å². The number of aryl methyl sites for hydroxylation is 1. The highest BCUT2D eigenvalue weighted by molar-refractivity contribution is 7.93. The molecule has 5 rings (SSSR count). The van der Waals surface area contributed by atoms with E-state index in [2.05, 4.69) is 19.7 Å². The van der Waals surface area contributed by atoms with E-state index < -0.39 is 27.4 Å². The third kappa shape index (κ3) is 5.27. The van der Waals surface area contributed by atoms with Gasteiger partial charge in [0.1, 0.15) is 5.52 Å². The SMILES string of the molecule is Cn1nnc2c3cc(C(=O)N=[S@](=O)(CCCO)Cc4cccnc4)ccc3n(-c3ccc(C(F)(F)F)cc3)c21. The van der Waals surface area contributed by atoms with Crippen molar-refractivity contribution in [1.29, 1.82) is 0 Å². The quantitative estimate of drug-likeness (QED) is 0.315. The van der Waals surface area contributed by atoms with Gasteiger partial charge in [0.25, 0.3) is 5.91 Å². The van der Waals surface area contributed by atoms with Gasteiger partial charge in [-0.2, -0.15) is 17.5 Å². The predicted octanol–water partition coefficient (Wildman–Crippen LogP) is 4.52. The van der Waals surface area contributed by atoms with Crippen LogP contribution in [0.4, 0.5) is 13.2 Å². The Labute approximate surface area is 221 Å². The summed E-state index contributed by atoms with van der Waals surface area (Å²) in [5, 5.41) is 18.1. The van der Waals surface area contributed by atoms with Crippen LogP contribution >= 0.6 is 0 Å². The molecule has 9 nitrogen and oxygen atoms in total. The first-order chi connectivity index (χ1) is 18.6. The summed E-state index contributed by atoms with van der Waals surface area (Å²) in [5.41, 5.74) is 2.07. The molecule has 3 aromatic heterocycles. The normalized spacial score (nSPS) is 13.6. The molecule has 0 saturated heterocycles. The molecular formula is C26H23F3N6O3S. The van der Waals surface area contributed by atoms with Crippen LogP contribution in [0, 0.1) is 0 Å². The van der Waals surface area contributed by atoms with Crippen LogP contribution in [0.1, 0.15) is 27.9 Å². The van der Waals surface area contributed by atoms with E-state index in [0.717, 1.165) is 12.1 Å². The molecule has 0 aliphatic carbocycles. The predicted molar refractivity (Wildman–Crippen MR) is 140 cm³/mol. The first kappa shape index (κ1) is 26.5. The second-order valence-electron chi connectivity index (χ2n) is 8.95. The highest BCUT2D eigenvalue weighted by atomic mass is 32.2. The smallest absolute Gasteiger partial charge is 0.396 e.